The molecule has 0 saturated heterocycles. The van der Waals surface area contributed by atoms with Gasteiger partial charge in [-0.1, -0.05) is 30.7 Å². The van der Waals surface area contributed by atoms with Crippen LogP contribution in [-0.2, 0) is 6.42 Å². The highest BCUT2D eigenvalue weighted by Gasteiger charge is 2.23. The first-order chi connectivity index (χ1) is 11.8. The predicted octanol–water partition coefficient (Wildman–Crippen LogP) is 5.77. The number of hydrogen-bond donors (Lipinski definition) is 0. The van der Waals surface area contributed by atoms with Gasteiger partial charge < -0.3 is 9.47 Å². The van der Waals surface area contributed by atoms with E-state index in [4.69, 9.17) is 9.47 Å². The Morgan fingerprint density at radius 1 is 0.958 bits per heavy atom. The van der Waals surface area contributed by atoms with Gasteiger partial charge in [0.05, 0.1) is 6.10 Å². The average Bonchev–Trinajstić information content (AvgIpc) is 2.63. The van der Waals surface area contributed by atoms with E-state index in [1.807, 2.05) is 0 Å². The van der Waals surface area contributed by atoms with Crippen LogP contribution < -0.4 is 9.47 Å². The number of benzene rings is 2. The van der Waals surface area contributed by atoms with Gasteiger partial charge in [0.25, 0.3) is 0 Å². The SMILES string of the molecule is Cc1ccccc1[C@@H]1CCc2cc(OC3CCCCC3)ccc2O1. The van der Waals surface area contributed by atoms with Gasteiger partial charge >= 0.3 is 0 Å². The van der Waals surface area contributed by atoms with Crippen molar-refractivity contribution in [1.82, 2.24) is 0 Å². The molecular weight excluding hydrogens is 296 g/mol. The van der Waals surface area contributed by atoms with Gasteiger partial charge in [-0.25, -0.2) is 0 Å². The highest BCUT2D eigenvalue weighted by atomic mass is 16.5. The molecule has 0 unspecified atom stereocenters. The lowest BCUT2D eigenvalue weighted by molar-refractivity contribution is 0.152. The third-order valence-electron chi connectivity index (χ3n) is 5.37. The molecule has 2 nitrogen and oxygen atoms in total. The standard InChI is InChI=1S/C22H26O2/c1-16-7-5-6-10-20(16)22-13-11-17-15-19(12-14-21(17)24-22)23-18-8-3-2-4-9-18/h5-7,10,12,14-15,18,22H,2-4,8-9,11,13H2,1H3/t22-/m0/s1. The maximum absolute atomic E-state index is 6.29. The van der Waals surface area contributed by atoms with Crippen LogP contribution in [0.4, 0.5) is 0 Å². The van der Waals surface area contributed by atoms with E-state index >= 15 is 0 Å². The minimum Gasteiger partial charge on any atom is -0.490 e. The zero-order chi connectivity index (χ0) is 16.4. The molecule has 1 saturated carbocycles. The van der Waals surface area contributed by atoms with Crippen molar-refractivity contribution in [2.45, 2.75) is 64.1 Å². The highest BCUT2D eigenvalue weighted by molar-refractivity contribution is 5.43. The number of hydrogen-bond acceptors (Lipinski definition) is 2. The lowest BCUT2D eigenvalue weighted by Crippen LogP contribution is -2.20. The second-order valence-corrected chi connectivity index (χ2v) is 7.15. The smallest absolute Gasteiger partial charge is 0.124 e. The molecule has 4 rings (SSSR count). The maximum Gasteiger partial charge on any atom is 0.124 e. The number of ether oxygens (including phenoxy) is 2. The summed E-state index contributed by atoms with van der Waals surface area (Å²) < 4.78 is 12.5. The van der Waals surface area contributed by atoms with Crippen LogP contribution in [0, 0.1) is 6.92 Å². The fourth-order valence-electron chi connectivity index (χ4n) is 3.98. The van der Waals surface area contributed by atoms with Gasteiger partial charge in [0.2, 0.25) is 0 Å². The van der Waals surface area contributed by atoms with E-state index < -0.39 is 0 Å². The number of aryl methyl sites for hydroxylation is 2. The molecule has 0 radical (unpaired) electrons. The largest absolute Gasteiger partial charge is 0.490 e. The van der Waals surface area contributed by atoms with Crippen LogP contribution in [0.3, 0.4) is 0 Å². The van der Waals surface area contributed by atoms with Crippen LogP contribution in [0.25, 0.3) is 0 Å². The molecule has 1 aliphatic heterocycles. The van der Waals surface area contributed by atoms with Crippen molar-refractivity contribution in [2.24, 2.45) is 0 Å². The van der Waals surface area contributed by atoms with E-state index in [-0.39, 0.29) is 6.10 Å². The second-order valence-electron chi connectivity index (χ2n) is 7.15. The van der Waals surface area contributed by atoms with E-state index in [0.29, 0.717) is 6.10 Å². The molecule has 1 aliphatic carbocycles. The van der Waals surface area contributed by atoms with Crippen LogP contribution in [0.1, 0.15) is 61.3 Å². The molecule has 1 atom stereocenters. The first kappa shape index (κ1) is 15.6. The molecule has 126 valence electrons. The Bertz CT molecular complexity index is 701. The summed E-state index contributed by atoms with van der Waals surface area (Å²) in [5, 5.41) is 0. The first-order valence-corrected chi connectivity index (χ1v) is 9.31. The molecule has 24 heavy (non-hydrogen) atoms. The molecule has 0 bridgehead atoms. The lowest BCUT2D eigenvalue weighted by Gasteiger charge is -2.28. The molecule has 0 aromatic heterocycles. The zero-order valence-electron chi connectivity index (χ0n) is 14.5. The molecular formula is C22H26O2. The Morgan fingerprint density at radius 2 is 1.79 bits per heavy atom. The normalized spacial score (nSPS) is 21.0. The number of rotatable bonds is 3. The van der Waals surface area contributed by atoms with E-state index in [1.54, 1.807) is 0 Å². The molecule has 2 aliphatic rings. The topological polar surface area (TPSA) is 18.5 Å². The van der Waals surface area contributed by atoms with Gasteiger partial charge in [-0.15, -0.1) is 0 Å². The van der Waals surface area contributed by atoms with Gasteiger partial charge in [0.15, 0.2) is 0 Å². The monoisotopic (exact) mass is 322 g/mol. The summed E-state index contributed by atoms with van der Waals surface area (Å²) in [6, 6.07) is 14.9. The summed E-state index contributed by atoms with van der Waals surface area (Å²) in [6.07, 6.45) is 9.02. The van der Waals surface area contributed by atoms with Crippen molar-refractivity contribution in [2.75, 3.05) is 0 Å². The van der Waals surface area contributed by atoms with Crippen molar-refractivity contribution in [1.29, 1.82) is 0 Å². The van der Waals surface area contributed by atoms with Crippen LogP contribution in [0.2, 0.25) is 0 Å². The Kier molecular flexibility index (Phi) is 4.46. The maximum atomic E-state index is 6.29. The molecule has 1 heterocycles. The minimum absolute atomic E-state index is 0.170. The average molecular weight is 322 g/mol. The summed E-state index contributed by atoms with van der Waals surface area (Å²) in [6.45, 7) is 2.16. The number of fused-ring (bicyclic) bond motifs is 1. The molecule has 2 heteroatoms. The van der Waals surface area contributed by atoms with Crippen LogP contribution in [0.5, 0.6) is 11.5 Å². The van der Waals surface area contributed by atoms with Gasteiger partial charge in [0.1, 0.15) is 17.6 Å². The quantitative estimate of drug-likeness (QED) is 0.714. The lowest BCUT2D eigenvalue weighted by atomic mass is 9.94. The van der Waals surface area contributed by atoms with E-state index in [9.17, 15) is 0 Å². The minimum atomic E-state index is 0.170. The highest BCUT2D eigenvalue weighted by Crippen LogP contribution is 2.38. The third-order valence-corrected chi connectivity index (χ3v) is 5.37. The van der Waals surface area contributed by atoms with Crippen LogP contribution in [0.15, 0.2) is 42.5 Å². The fourth-order valence-corrected chi connectivity index (χ4v) is 3.98. The summed E-state index contributed by atoms with van der Waals surface area (Å²) in [4.78, 5) is 0. The van der Waals surface area contributed by atoms with Gasteiger partial charge in [-0.2, -0.15) is 0 Å². The summed E-state index contributed by atoms with van der Waals surface area (Å²) in [5.41, 5.74) is 3.90. The summed E-state index contributed by atoms with van der Waals surface area (Å²) in [7, 11) is 0. The van der Waals surface area contributed by atoms with Crippen molar-refractivity contribution in [3.05, 3.63) is 59.2 Å². The van der Waals surface area contributed by atoms with Crippen molar-refractivity contribution in [3.8, 4) is 11.5 Å². The third kappa shape index (κ3) is 3.28. The fraction of sp³-hybridized carbons (Fsp3) is 0.455. The van der Waals surface area contributed by atoms with E-state index in [0.717, 1.165) is 24.3 Å². The predicted molar refractivity (Wildman–Crippen MR) is 96.8 cm³/mol. The van der Waals surface area contributed by atoms with Crippen molar-refractivity contribution in [3.63, 3.8) is 0 Å². The first-order valence-electron chi connectivity index (χ1n) is 9.31. The van der Waals surface area contributed by atoms with Crippen molar-refractivity contribution < 1.29 is 9.47 Å². The summed E-state index contributed by atoms with van der Waals surface area (Å²) in [5.74, 6) is 2.03. The van der Waals surface area contributed by atoms with Gasteiger partial charge in [-0.05, 0) is 80.3 Å². The molecule has 0 N–H and O–H groups in total. The Balaban J connectivity index is 1.48. The van der Waals surface area contributed by atoms with Gasteiger partial charge in [-0.3, -0.25) is 0 Å². The Hall–Kier alpha value is -1.96. The molecule has 0 spiro atoms. The van der Waals surface area contributed by atoms with Gasteiger partial charge in [0, 0.05) is 0 Å². The zero-order valence-corrected chi connectivity index (χ0v) is 14.5. The molecule has 0 amide bonds. The Labute approximate surface area is 144 Å². The second kappa shape index (κ2) is 6.88. The van der Waals surface area contributed by atoms with E-state index in [1.165, 1.54) is 48.8 Å². The summed E-state index contributed by atoms with van der Waals surface area (Å²) >= 11 is 0. The van der Waals surface area contributed by atoms with Crippen LogP contribution in [-0.4, -0.2) is 6.10 Å². The Morgan fingerprint density at radius 3 is 2.62 bits per heavy atom. The molecule has 2 aromatic carbocycles. The van der Waals surface area contributed by atoms with Crippen molar-refractivity contribution >= 4 is 0 Å². The van der Waals surface area contributed by atoms with Crippen LogP contribution >= 0.6 is 0 Å². The van der Waals surface area contributed by atoms with E-state index in [2.05, 4.69) is 49.4 Å². The molecule has 1 fully saturated rings. The molecule has 2 aromatic rings.